The summed E-state index contributed by atoms with van der Waals surface area (Å²) in [6.07, 6.45) is 0. The van der Waals surface area contributed by atoms with Gasteiger partial charge >= 0.3 is 7.82 Å². The lowest BCUT2D eigenvalue weighted by Gasteiger charge is -2.18. The van der Waals surface area contributed by atoms with Crippen LogP contribution >= 0.6 is 7.82 Å². The Morgan fingerprint density at radius 2 is 1.89 bits per heavy atom. The number of nitrogen functional groups attached to an aromatic ring is 1. The zero-order chi connectivity index (χ0) is 13.6. The van der Waals surface area contributed by atoms with Crippen LogP contribution in [0.15, 0.2) is 18.2 Å². The van der Waals surface area contributed by atoms with E-state index in [1.807, 2.05) is 0 Å². The van der Waals surface area contributed by atoms with Gasteiger partial charge in [0.25, 0.3) is 0 Å². The van der Waals surface area contributed by atoms with Gasteiger partial charge in [0.05, 0.1) is 19.8 Å². The molecule has 0 saturated carbocycles. The first-order valence-electron chi connectivity index (χ1n) is 5.62. The van der Waals surface area contributed by atoms with Crippen LogP contribution in [0.1, 0.15) is 19.4 Å². The minimum absolute atomic E-state index is 0.195. The molecule has 0 aliphatic heterocycles. The summed E-state index contributed by atoms with van der Waals surface area (Å²) in [6.45, 7) is 3.48. The fraction of sp³-hybridized carbons (Fsp3) is 0.455. The molecular weight excluding hydrogens is 257 g/mol. The van der Waals surface area contributed by atoms with Crippen molar-refractivity contribution in [2.75, 3.05) is 18.9 Å². The van der Waals surface area contributed by atoms with Crippen LogP contribution in [0.25, 0.3) is 0 Å². The first kappa shape index (κ1) is 15.0. The molecule has 1 aromatic carbocycles. The number of rotatable bonds is 7. The first-order chi connectivity index (χ1) is 8.54. The molecule has 0 heterocycles. The predicted molar refractivity (Wildman–Crippen MR) is 68.3 cm³/mol. The van der Waals surface area contributed by atoms with Crippen LogP contribution in [-0.2, 0) is 20.2 Å². The molecule has 0 radical (unpaired) electrons. The fourth-order valence-corrected chi connectivity index (χ4v) is 2.57. The summed E-state index contributed by atoms with van der Waals surface area (Å²) >= 11 is 0. The smallest absolute Gasteiger partial charge is 0.404 e. The Balaban J connectivity index is 2.96. The van der Waals surface area contributed by atoms with E-state index >= 15 is 0 Å². The number of anilines is 1. The molecule has 1 rings (SSSR count). The second-order valence-corrected chi connectivity index (χ2v) is 4.99. The second-order valence-electron chi connectivity index (χ2n) is 3.40. The van der Waals surface area contributed by atoms with Gasteiger partial charge in [-0.05, 0) is 32.0 Å². The van der Waals surface area contributed by atoms with Crippen LogP contribution in [0.5, 0.6) is 5.75 Å². The normalized spacial score (nSPS) is 11.5. The summed E-state index contributed by atoms with van der Waals surface area (Å²) in [5.74, 6) is 0.233. The molecule has 0 unspecified atom stereocenters. The Hall–Kier alpha value is -1.07. The van der Waals surface area contributed by atoms with Crippen molar-refractivity contribution in [2.45, 2.75) is 20.5 Å². The molecule has 0 atom stereocenters. The van der Waals surface area contributed by atoms with Crippen molar-refractivity contribution in [2.24, 2.45) is 0 Å². The molecule has 7 heteroatoms. The van der Waals surface area contributed by atoms with Crippen molar-refractivity contribution < 1.29 is 23.2 Å². The predicted octanol–water partition coefficient (Wildman–Crippen LogP) is 2.32. The van der Waals surface area contributed by atoms with Gasteiger partial charge in [-0.3, -0.25) is 9.05 Å². The highest BCUT2D eigenvalue weighted by Crippen LogP contribution is 2.50. The molecule has 3 N–H and O–H groups in total. The quantitative estimate of drug-likeness (QED) is 0.586. The molecule has 102 valence electrons. The van der Waals surface area contributed by atoms with Gasteiger partial charge in [-0.1, -0.05) is 0 Å². The molecule has 0 aliphatic rings. The summed E-state index contributed by atoms with van der Waals surface area (Å²) in [7, 11) is -3.65. The first-order valence-corrected chi connectivity index (χ1v) is 7.08. The zero-order valence-corrected chi connectivity index (χ0v) is 11.4. The van der Waals surface area contributed by atoms with Crippen molar-refractivity contribution >= 4 is 13.5 Å². The molecule has 6 nitrogen and oxygen atoms in total. The average Bonchev–Trinajstić information content (AvgIpc) is 2.32. The molecule has 0 fully saturated rings. The fourth-order valence-electron chi connectivity index (χ4n) is 1.34. The topological polar surface area (TPSA) is 91.0 Å². The number of hydrogen-bond donors (Lipinski definition) is 2. The largest absolute Gasteiger partial charge is 0.530 e. The Bertz CT molecular complexity index is 427. The number of hydrogen-bond acceptors (Lipinski definition) is 6. The van der Waals surface area contributed by atoms with E-state index in [0.29, 0.717) is 11.3 Å². The lowest BCUT2D eigenvalue weighted by atomic mass is 10.2. The van der Waals surface area contributed by atoms with Gasteiger partial charge in [-0.15, -0.1) is 0 Å². The van der Waals surface area contributed by atoms with Gasteiger partial charge in [-0.25, -0.2) is 4.57 Å². The number of aliphatic hydroxyl groups is 1. The van der Waals surface area contributed by atoms with Crippen LogP contribution in [0, 0.1) is 0 Å². The number of phosphoric ester groups is 1. The molecular formula is C11H18NO5P. The van der Waals surface area contributed by atoms with E-state index in [9.17, 15) is 9.67 Å². The lowest BCUT2D eigenvalue weighted by Crippen LogP contribution is -2.04. The van der Waals surface area contributed by atoms with Crippen molar-refractivity contribution in [3.05, 3.63) is 23.8 Å². The van der Waals surface area contributed by atoms with E-state index in [1.54, 1.807) is 19.9 Å². The molecule has 18 heavy (non-hydrogen) atoms. The second kappa shape index (κ2) is 6.75. The maximum absolute atomic E-state index is 12.2. The van der Waals surface area contributed by atoms with Crippen molar-refractivity contribution in [1.29, 1.82) is 0 Å². The van der Waals surface area contributed by atoms with Gasteiger partial charge in [0.15, 0.2) is 0 Å². The lowest BCUT2D eigenvalue weighted by molar-refractivity contribution is 0.166. The van der Waals surface area contributed by atoms with E-state index < -0.39 is 7.82 Å². The van der Waals surface area contributed by atoms with Gasteiger partial charge < -0.3 is 15.4 Å². The van der Waals surface area contributed by atoms with Crippen LogP contribution in [0.3, 0.4) is 0 Å². The summed E-state index contributed by atoms with van der Waals surface area (Å²) in [5, 5.41) is 9.19. The Labute approximate surface area is 106 Å². The van der Waals surface area contributed by atoms with Crippen LogP contribution < -0.4 is 10.3 Å². The Morgan fingerprint density at radius 3 is 2.39 bits per heavy atom. The van der Waals surface area contributed by atoms with Crippen LogP contribution in [0.4, 0.5) is 5.69 Å². The van der Waals surface area contributed by atoms with Crippen molar-refractivity contribution in [3.63, 3.8) is 0 Å². The maximum atomic E-state index is 12.2. The molecule has 0 saturated heterocycles. The summed E-state index contributed by atoms with van der Waals surface area (Å²) in [6, 6.07) is 4.64. The van der Waals surface area contributed by atoms with E-state index in [4.69, 9.17) is 19.3 Å². The SMILES string of the molecule is CCOP(=O)(OCC)Oc1ccc(N)cc1CO. The van der Waals surface area contributed by atoms with Crippen molar-refractivity contribution in [3.8, 4) is 5.75 Å². The standard InChI is InChI=1S/C11H18NO5P/c1-3-15-18(14,16-4-2)17-11-6-5-10(12)7-9(11)8-13/h5-7,13H,3-4,8,12H2,1-2H3. The Morgan fingerprint density at radius 1 is 1.28 bits per heavy atom. The third kappa shape index (κ3) is 3.99. The summed E-state index contributed by atoms with van der Waals surface area (Å²) in [4.78, 5) is 0. The summed E-state index contributed by atoms with van der Waals surface area (Å²) < 4.78 is 27.4. The highest BCUT2D eigenvalue weighted by molar-refractivity contribution is 7.48. The molecule has 0 aliphatic carbocycles. The van der Waals surface area contributed by atoms with Crippen molar-refractivity contribution in [1.82, 2.24) is 0 Å². The third-order valence-corrected chi connectivity index (χ3v) is 3.61. The van der Waals surface area contributed by atoms with Gasteiger partial charge in [0, 0.05) is 11.3 Å². The van der Waals surface area contributed by atoms with E-state index in [-0.39, 0.29) is 25.6 Å². The zero-order valence-electron chi connectivity index (χ0n) is 10.5. The highest BCUT2D eigenvalue weighted by atomic mass is 31.2. The minimum atomic E-state index is -3.65. The Kier molecular flexibility index (Phi) is 5.62. The van der Waals surface area contributed by atoms with Crippen LogP contribution in [0.2, 0.25) is 0 Å². The summed E-state index contributed by atoms with van der Waals surface area (Å²) in [5.41, 5.74) is 6.49. The number of benzene rings is 1. The molecule has 0 spiro atoms. The van der Waals surface area contributed by atoms with E-state index in [0.717, 1.165) is 0 Å². The molecule has 1 aromatic rings. The number of aliphatic hydroxyl groups excluding tert-OH is 1. The molecule has 0 bridgehead atoms. The van der Waals surface area contributed by atoms with Gasteiger partial charge in [0.1, 0.15) is 5.75 Å². The number of nitrogens with two attached hydrogens (primary N) is 1. The minimum Gasteiger partial charge on any atom is -0.404 e. The van der Waals surface area contributed by atoms with Crippen LogP contribution in [-0.4, -0.2) is 18.3 Å². The molecule has 0 amide bonds. The maximum Gasteiger partial charge on any atom is 0.530 e. The average molecular weight is 275 g/mol. The van der Waals surface area contributed by atoms with Gasteiger partial charge in [-0.2, -0.15) is 0 Å². The highest BCUT2D eigenvalue weighted by Gasteiger charge is 2.28. The van der Waals surface area contributed by atoms with E-state index in [1.165, 1.54) is 12.1 Å². The van der Waals surface area contributed by atoms with E-state index in [2.05, 4.69) is 0 Å². The van der Waals surface area contributed by atoms with Gasteiger partial charge in [0.2, 0.25) is 0 Å². The molecule has 0 aromatic heterocycles. The number of phosphoric acid groups is 1. The monoisotopic (exact) mass is 275 g/mol. The third-order valence-electron chi connectivity index (χ3n) is 2.04.